The van der Waals surface area contributed by atoms with E-state index in [0.29, 0.717) is 5.92 Å². The lowest BCUT2D eigenvalue weighted by Crippen LogP contribution is -2.33. The molecule has 108 valence electrons. The number of carbonyl (C=O) groups is 1. The lowest BCUT2D eigenvalue weighted by atomic mass is 9.90. The highest BCUT2D eigenvalue weighted by Gasteiger charge is 2.16. The third-order valence-electron chi connectivity index (χ3n) is 4.42. The number of amides is 1. The van der Waals surface area contributed by atoms with E-state index in [4.69, 9.17) is 4.74 Å². The van der Waals surface area contributed by atoms with E-state index in [1.165, 1.54) is 24.0 Å². The molecule has 1 atom stereocenters. The third kappa shape index (κ3) is 3.21. The molecule has 0 radical (unpaired) electrons. The normalized spacial score (nSPS) is 22.1. The lowest BCUT2D eigenvalue weighted by molar-refractivity contribution is 0.0536. The maximum absolute atomic E-state index is 12.2. The Balaban J connectivity index is 1.59. The van der Waals surface area contributed by atoms with Crippen molar-refractivity contribution in [3.63, 3.8) is 0 Å². The van der Waals surface area contributed by atoms with E-state index in [9.17, 15) is 4.79 Å². The molecule has 20 heavy (non-hydrogen) atoms. The van der Waals surface area contributed by atoms with Gasteiger partial charge < -0.3 is 10.1 Å². The number of hydrogen-bond donors (Lipinski definition) is 1. The highest BCUT2D eigenvalue weighted by atomic mass is 16.5. The fourth-order valence-electron chi connectivity index (χ4n) is 3.18. The number of fused-ring (bicyclic) bond motifs is 1. The van der Waals surface area contributed by atoms with Crippen molar-refractivity contribution in [3.05, 3.63) is 34.9 Å². The third-order valence-corrected chi connectivity index (χ3v) is 4.42. The summed E-state index contributed by atoms with van der Waals surface area (Å²) in [6, 6.07) is 6.19. The van der Waals surface area contributed by atoms with Gasteiger partial charge in [-0.05, 0) is 67.7 Å². The first kappa shape index (κ1) is 13.6. The molecule has 1 heterocycles. The average molecular weight is 273 g/mol. The quantitative estimate of drug-likeness (QED) is 0.919. The van der Waals surface area contributed by atoms with Gasteiger partial charge in [0.05, 0.1) is 6.61 Å². The first-order valence-electron chi connectivity index (χ1n) is 7.80. The van der Waals surface area contributed by atoms with Crippen LogP contribution in [0.3, 0.4) is 0 Å². The summed E-state index contributed by atoms with van der Waals surface area (Å²) in [5, 5.41) is 3.06. The Labute approximate surface area is 120 Å². The first-order chi connectivity index (χ1) is 9.83. The predicted octanol–water partition coefficient (Wildman–Crippen LogP) is 2.72. The largest absolute Gasteiger partial charge is 0.381 e. The monoisotopic (exact) mass is 273 g/mol. The fraction of sp³-hybridized carbons (Fsp3) is 0.588. The molecule has 3 heteroatoms. The maximum atomic E-state index is 12.2. The topological polar surface area (TPSA) is 38.3 Å². The van der Waals surface area contributed by atoms with Gasteiger partial charge in [0.15, 0.2) is 0 Å². The van der Waals surface area contributed by atoms with E-state index in [1.807, 2.05) is 6.07 Å². The molecule has 1 aliphatic heterocycles. The lowest BCUT2D eigenvalue weighted by Gasteiger charge is -2.22. The second-order valence-electron chi connectivity index (χ2n) is 5.98. The zero-order chi connectivity index (χ0) is 13.8. The van der Waals surface area contributed by atoms with Crippen LogP contribution in [0, 0.1) is 5.92 Å². The highest BCUT2D eigenvalue weighted by molar-refractivity contribution is 5.94. The van der Waals surface area contributed by atoms with Gasteiger partial charge in [0.2, 0.25) is 0 Å². The maximum Gasteiger partial charge on any atom is 0.251 e. The summed E-state index contributed by atoms with van der Waals surface area (Å²) in [4.78, 5) is 12.2. The van der Waals surface area contributed by atoms with Crippen LogP contribution in [0.4, 0.5) is 0 Å². The van der Waals surface area contributed by atoms with Crippen LogP contribution in [-0.4, -0.2) is 25.7 Å². The Morgan fingerprint density at radius 2 is 2.05 bits per heavy atom. The van der Waals surface area contributed by atoms with Crippen LogP contribution in [0.1, 0.15) is 47.2 Å². The van der Waals surface area contributed by atoms with Crippen molar-refractivity contribution >= 4 is 5.91 Å². The molecule has 1 saturated heterocycles. The van der Waals surface area contributed by atoms with Crippen molar-refractivity contribution in [2.45, 2.75) is 38.5 Å². The standard InChI is InChI=1S/C17H23NO2/c19-17(18-11-13-4-3-9-20-12-13)16-8-7-14-5-1-2-6-15(14)10-16/h7-8,10,13H,1-6,9,11-12H2,(H,18,19). The molecule has 0 spiro atoms. The van der Waals surface area contributed by atoms with Crippen molar-refractivity contribution in [2.24, 2.45) is 5.92 Å². The summed E-state index contributed by atoms with van der Waals surface area (Å²) < 4.78 is 5.44. The van der Waals surface area contributed by atoms with Crippen molar-refractivity contribution < 1.29 is 9.53 Å². The highest BCUT2D eigenvalue weighted by Crippen LogP contribution is 2.22. The minimum absolute atomic E-state index is 0.0592. The second-order valence-corrected chi connectivity index (χ2v) is 5.98. The number of nitrogens with one attached hydrogen (secondary N) is 1. The summed E-state index contributed by atoms with van der Waals surface area (Å²) >= 11 is 0. The van der Waals surface area contributed by atoms with Crippen LogP contribution < -0.4 is 5.32 Å². The molecule has 1 aromatic rings. The summed E-state index contributed by atoms with van der Waals surface area (Å²) in [6.07, 6.45) is 7.07. The van der Waals surface area contributed by atoms with Gasteiger partial charge in [0, 0.05) is 18.7 Å². The fourth-order valence-corrected chi connectivity index (χ4v) is 3.18. The van der Waals surface area contributed by atoms with Gasteiger partial charge in [0.1, 0.15) is 0 Å². The Kier molecular flexibility index (Phi) is 4.36. The molecular formula is C17H23NO2. The molecule has 1 amide bonds. The summed E-state index contributed by atoms with van der Waals surface area (Å²) in [5.41, 5.74) is 3.60. The predicted molar refractivity (Wildman–Crippen MR) is 79.0 cm³/mol. The van der Waals surface area contributed by atoms with E-state index in [0.717, 1.165) is 51.0 Å². The molecule has 1 aliphatic carbocycles. The second kappa shape index (κ2) is 6.40. The molecule has 1 N–H and O–H groups in total. The van der Waals surface area contributed by atoms with E-state index in [1.54, 1.807) is 0 Å². The Bertz CT molecular complexity index is 478. The summed E-state index contributed by atoms with van der Waals surface area (Å²) in [5.74, 6) is 0.536. The zero-order valence-electron chi connectivity index (χ0n) is 12.0. The van der Waals surface area contributed by atoms with Gasteiger partial charge in [-0.3, -0.25) is 4.79 Å². The van der Waals surface area contributed by atoms with Gasteiger partial charge >= 0.3 is 0 Å². The van der Waals surface area contributed by atoms with Crippen molar-refractivity contribution in [2.75, 3.05) is 19.8 Å². The SMILES string of the molecule is O=C(NCC1CCCOC1)c1ccc2c(c1)CCCC2. The number of ether oxygens (including phenoxy) is 1. The van der Waals surface area contributed by atoms with Crippen molar-refractivity contribution in [1.29, 1.82) is 0 Å². The minimum Gasteiger partial charge on any atom is -0.381 e. The van der Waals surface area contributed by atoms with Gasteiger partial charge in [0.25, 0.3) is 5.91 Å². The van der Waals surface area contributed by atoms with E-state index in [-0.39, 0.29) is 5.91 Å². The van der Waals surface area contributed by atoms with Crippen LogP contribution in [0.25, 0.3) is 0 Å². The van der Waals surface area contributed by atoms with Crippen LogP contribution in [0.2, 0.25) is 0 Å². The molecular weight excluding hydrogens is 250 g/mol. The van der Waals surface area contributed by atoms with Crippen LogP contribution in [-0.2, 0) is 17.6 Å². The summed E-state index contributed by atoms with van der Waals surface area (Å²) in [7, 11) is 0. The smallest absolute Gasteiger partial charge is 0.251 e. The van der Waals surface area contributed by atoms with Gasteiger partial charge in [-0.25, -0.2) is 0 Å². The number of hydrogen-bond acceptors (Lipinski definition) is 2. The minimum atomic E-state index is 0.0592. The molecule has 0 bridgehead atoms. The zero-order valence-corrected chi connectivity index (χ0v) is 12.0. The number of aryl methyl sites for hydroxylation is 2. The molecule has 1 fully saturated rings. The molecule has 3 rings (SSSR count). The van der Waals surface area contributed by atoms with E-state index >= 15 is 0 Å². The molecule has 0 saturated carbocycles. The number of benzene rings is 1. The Morgan fingerprint density at radius 3 is 2.85 bits per heavy atom. The number of rotatable bonds is 3. The molecule has 0 aromatic heterocycles. The Hall–Kier alpha value is -1.35. The van der Waals surface area contributed by atoms with Gasteiger partial charge in [-0.15, -0.1) is 0 Å². The molecule has 2 aliphatic rings. The molecule has 3 nitrogen and oxygen atoms in total. The van der Waals surface area contributed by atoms with E-state index < -0.39 is 0 Å². The first-order valence-corrected chi connectivity index (χ1v) is 7.80. The van der Waals surface area contributed by atoms with Crippen LogP contribution in [0.5, 0.6) is 0 Å². The molecule has 1 aromatic carbocycles. The average Bonchev–Trinajstić information content (AvgIpc) is 2.53. The summed E-state index contributed by atoms with van der Waals surface area (Å²) in [6.45, 7) is 2.38. The van der Waals surface area contributed by atoms with Crippen molar-refractivity contribution in [1.82, 2.24) is 5.32 Å². The Morgan fingerprint density at radius 1 is 1.20 bits per heavy atom. The van der Waals surface area contributed by atoms with Gasteiger partial charge in [-0.2, -0.15) is 0 Å². The van der Waals surface area contributed by atoms with E-state index in [2.05, 4.69) is 17.4 Å². The van der Waals surface area contributed by atoms with Crippen LogP contribution >= 0.6 is 0 Å². The molecule has 1 unspecified atom stereocenters. The number of carbonyl (C=O) groups excluding carboxylic acids is 1. The van der Waals surface area contributed by atoms with Gasteiger partial charge in [-0.1, -0.05) is 6.07 Å². The van der Waals surface area contributed by atoms with Crippen molar-refractivity contribution in [3.8, 4) is 0 Å². The van der Waals surface area contributed by atoms with Crippen LogP contribution in [0.15, 0.2) is 18.2 Å².